The Hall–Kier alpha value is -2.18. The maximum absolute atomic E-state index is 13.5. The number of aliphatic carboxylic acids is 1. The van der Waals surface area contributed by atoms with Gasteiger partial charge in [0.05, 0.1) is 22.7 Å². The normalized spacial score (nSPS) is 14.9. The lowest BCUT2D eigenvalue weighted by Crippen LogP contribution is -2.03. The van der Waals surface area contributed by atoms with Crippen molar-refractivity contribution in [2.24, 2.45) is 4.99 Å². The monoisotopic (exact) mass is 337 g/mol. The van der Waals surface area contributed by atoms with Crippen LogP contribution >= 0.6 is 22.9 Å². The maximum atomic E-state index is 13.5. The van der Waals surface area contributed by atoms with Crippen LogP contribution in [0.1, 0.15) is 16.0 Å². The molecule has 0 unspecified atom stereocenters. The van der Waals surface area contributed by atoms with Crippen molar-refractivity contribution in [3.63, 3.8) is 0 Å². The second kappa shape index (κ2) is 5.55. The summed E-state index contributed by atoms with van der Waals surface area (Å²) in [7, 11) is 1.44. The molecule has 0 radical (unpaired) electrons. The molecule has 0 saturated carbocycles. The molecule has 1 aromatic heterocycles. The fraction of sp³-hybridized carbons (Fsp3) is 0.0667. The van der Waals surface area contributed by atoms with Gasteiger partial charge in [0.25, 0.3) is 0 Å². The number of hydrogen-bond acceptors (Lipinski definition) is 4. The Labute approximate surface area is 134 Å². The summed E-state index contributed by atoms with van der Waals surface area (Å²) in [5.41, 5.74) is 1.83. The molecule has 0 bridgehead atoms. The summed E-state index contributed by atoms with van der Waals surface area (Å²) in [6, 6.07) is 5.65. The van der Waals surface area contributed by atoms with E-state index in [9.17, 15) is 9.18 Å². The summed E-state index contributed by atoms with van der Waals surface area (Å²) in [6.07, 6.45) is 1.07. The van der Waals surface area contributed by atoms with Gasteiger partial charge in [0.1, 0.15) is 5.82 Å². The molecule has 0 fully saturated rings. The van der Waals surface area contributed by atoms with Gasteiger partial charge in [0.2, 0.25) is 5.90 Å². The summed E-state index contributed by atoms with van der Waals surface area (Å²) >= 11 is 7.27. The minimum Gasteiger partial charge on any atom is -0.481 e. The van der Waals surface area contributed by atoms with Crippen molar-refractivity contribution in [3.05, 3.63) is 56.5 Å². The molecule has 0 amide bonds. The van der Waals surface area contributed by atoms with E-state index in [4.69, 9.17) is 21.4 Å². The molecule has 1 aliphatic heterocycles. The minimum absolute atomic E-state index is 0.263. The molecule has 7 heteroatoms. The molecule has 1 N–H and O–H groups in total. The summed E-state index contributed by atoms with van der Waals surface area (Å²) < 4.78 is 19.2. The lowest BCUT2D eigenvalue weighted by atomic mass is 10.0. The average Bonchev–Trinajstić information content (AvgIpc) is 2.79. The number of thiophene rings is 1. The van der Waals surface area contributed by atoms with E-state index in [1.807, 2.05) is 0 Å². The summed E-state index contributed by atoms with van der Waals surface area (Å²) in [6.45, 7) is 0. The number of halogens is 2. The lowest BCUT2D eigenvalue weighted by Gasteiger charge is -2.07. The lowest BCUT2D eigenvalue weighted by molar-refractivity contribution is -0.131. The fourth-order valence-corrected chi connectivity index (χ4v) is 3.51. The van der Waals surface area contributed by atoms with E-state index in [0.29, 0.717) is 31.6 Å². The van der Waals surface area contributed by atoms with Gasteiger partial charge in [-0.25, -0.2) is 14.2 Å². The number of carboxylic acids is 1. The highest BCUT2D eigenvalue weighted by atomic mass is 35.5. The van der Waals surface area contributed by atoms with Gasteiger partial charge >= 0.3 is 5.97 Å². The van der Waals surface area contributed by atoms with Gasteiger partial charge in [-0.15, -0.1) is 11.3 Å². The number of ether oxygens (including phenoxy) is 1. The number of rotatable bonds is 1. The molecule has 22 heavy (non-hydrogen) atoms. The molecular weight excluding hydrogens is 329 g/mol. The molecule has 0 atom stereocenters. The first-order valence-electron chi connectivity index (χ1n) is 6.17. The van der Waals surface area contributed by atoms with Crippen molar-refractivity contribution in [1.82, 2.24) is 0 Å². The van der Waals surface area contributed by atoms with E-state index in [0.717, 1.165) is 6.08 Å². The van der Waals surface area contributed by atoms with Crippen LogP contribution in [0.15, 0.2) is 35.3 Å². The molecule has 2 heterocycles. The summed E-state index contributed by atoms with van der Waals surface area (Å²) in [5.74, 6) is -1.31. The van der Waals surface area contributed by atoms with Crippen molar-refractivity contribution in [2.75, 3.05) is 7.11 Å². The third kappa shape index (κ3) is 2.51. The summed E-state index contributed by atoms with van der Waals surface area (Å²) in [4.78, 5) is 16.1. The van der Waals surface area contributed by atoms with Gasteiger partial charge in [-0.3, -0.25) is 0 Å². The number of aliphatic imine (C=N–C) groups is 1. The van der Waals surface area contributed by atoms with Crippen molar-refractivity contribution < 1.29 is 19.0 Å². The van der Waals surface area contributed by atoms with Crippen LogP contribution in [-0.4, -0.2) is 24.1 Å². The smallest absolute Gasteiger partial charge is 0.328 e. The van der Waals surface area contributed by atoms with Crippen LogP contribution in [0, 0.1) is 5.82 Å². The van der Waals surface area contributed by atoms with Crippen LogP contribution in [-0.2, 0) is 9.53 Å². The number of carboxylic acid groups (broad SMARTS) is 1. The molecule has 4 nitrogen and oxygen atoms in total. The van der Waals surface area contributed by atoms with Crippen LogP contribution in [0.5, 0.6) is 0 Å². The molecule has 0 spiro atoms. The molecule has 0 saturated heterocycles. The van der Waals surface area contributed by atoms with Crippen LogP contribution in [0.25, 0.3) is 5.57 Å². The number of methoxy groups -OCH3 is 1. The van der Waals surface area contributed by atoms with E-state index in [1.165, 1.54) is 36.6 Å². The number of fused-ring (bicyclic) bond motifs is 2. The van der Waals surface area contributed by atoms with Crippen molar-refractivity contribution in [1.29, 1.82) is 0 Å². The third-order valence-corrected chi connectivity index (χ3v) is 4.41. The first-order chi connectivity index (χ1) is 10.5. The number of nitrogens with zero attached hydrogens (tertiary/aromatic N) is 1. The highest BCUT2D eigenvalue weighted by Gasteiger charge is 2.25. The zero-order valence-corrected chi connectivity index (χ0v) is 12.8. The maximum Gasteiger partial charge on any atom is 0.328 e. The van der Waals surface area contributed by atoms with Gasteiger partial charge in [0.15, 0.2) is 0 Å². The molecule has 1 aromatic carbocycles. The molecule has 1 aliphatic rings. The van der Waals surface area contributed by atoms with Crippen LogP contribution in [0.2, 0.25) is 4.34 Å². The Kier molecular flexibility index (Phi) is 3.72. The van der Waals surface area contributed by atoms with E-state index in [-0.39, 0.29) is 5.90 Å². The van der Waals surface area contributed by atoms with Crippen LogP contribution < -0.4 is 0 Å². The van der Waals surface area contributed by atoms with Gasteiger partial charge in [-0.1, -0.05) is 11.6 Å². The predicted octanol–water partition coefficient (Wildman–Crippen LogP) is 4.10. The predicted molar refractivity (Wildman–Crippen MR) is 83.6 cm³/mol. The highest BCUT2D eigenvalue weighted by Crippen LogP contribution is 2.42. The first-order valence-corrected chi connectivity index (χ1v) is 7.36. The molecular formula is C15H9ClFNO3S. The highest BCUT2D eigenvalue weighted by molar-refractivity contribution is 7.17. The zero-order chi connectivity index (χ0) is 15.9. The Balaban J connectivity index is 2.38. The first kappa shape index (κ1) is 14.7. The number of hydrogen-bond donors (Lipinski definition) is 1. The zero-order valence-electron chi connectivity index (χ0n) is 11.3. The number of carbonyl (C=O) groups is 1. The molecule has 0 aliphatic carbocycles. The Morgan fingerprint density at radius 1 is 1.41 bits per heavy atom. The fourth-order valence-electron chi connectivity index (χ4n) is 2.26. The van der Waals surface area contributed by atoms with E-state index in [1.54, 1.807) is 6.07 Å². The SMILES string of the molecule is COC1=Nc2cc(F)ccc2/C(=C\C(=O)O)c2sc(Cl)cc21. The second-order valence-corrected chi connectivity index (χ2v) is 6.16. The second-order valence-electron chi connectivity index (χ2n) is 4.47. The topological polar surface area (TPSA) is 58.9 Å². The Morgan fingerprint density at radius 3 is 2.86 bits per heavy atom. The van der Waals surface area contributed by atoms with E-state index >= 15 is 0 Å². The van der Waals surface area contributed by atoms with Crippen LogP contribution in [0.3, 0.4) is 0 Å². The Morgan fingerprint density at radius 2 is 2.18 bits per heavy atom. The van der Waals surface area contributed by atoms with Crippen molar-refractivity contribution >= 4 is 46.1 Å². The number of benzene rings is 1. The van der Waals surface area contributed by atoms with Gasteiger partial charge in [-0.05, 0) is 18.2 Å². The van der Waals surface area contributed by atoms with E-state index < -0.39 is 11.8 Å². The molecule has 3 rings (SSSR count). The quantitative estimate of drug-likeness (QED) is 0.797. The third-order valence-electron chi connectivity index (χ3n) is 3.11. The molecule has 2 aromatic rings. The molecule has 112 valence electrons. The minimum atomic E-state index is -1.11. The van der Waals surface area contributed by atoms with Gasteiger partial charge < -0.3 is 9.84 Å². The van der Waals surface area contributed by atoms with Gasteiger partial charge in [0, 0.05) is 28.2 Å². The standard InChI is InChI=1S/C15H9ClFNO3S/c1-21-15-10-5-12(16)22-14(10)9(6-13(19)20)8-3-2-7(17)4-11(8)18-15/h2-6H,1H3,(H,19,20)/b9-6+. The Bertz CT molecular complexity index is 841. The largest absolute Gasteiger partial charge is 0.481 e. The summed E-state index contributed by atoms with van der Waals surface area (Å²) in [5, 5.41) is 9.15. The van der Waals surface area contributed by atoms with E-state index in [2.05, 4.69) is 4.99 Å². The van der Waals surface area contributed by atoms with Crippen molar-refractivity contribution in [3.8, 4) is 0 Å². The van der Waals surface area contributed by atoms with Crippen molar-refractivity contribution in [2.45, 2.75) is 0 Å². The van der Waals surface area contributed by atoms with Gasteiger partial charge in [-0.2, -0.15) is 0 Å². The average molecular weight is 338 g/mol. The van der Waals surface area contributed by atoms with Crippen LogP contribution in [0.4, 0.5) is 10.1 Å².